The zero-order chi connectivity index (χ0) is 25.9. The summed E-state index contributed by atoms with van der Waals surface area (Å²) in [5, 5.41) is 13.0. The van der Waals surface area contributed by atoms with E-state index in [9.17, 15) is 23.9 Å². The summed E-state index contributed by atoms with van der Waals surface area (Å²) < 4.78 is 26.0. The number of nitrogens with two attached hydrogens (primary N) is 1. The Kier molecular flexibility index (Phi) is 7.82. The molecule has 11 heteroatoms. The van der Waals surface area contributed by atoms with Gasteiger partial charge in [0.1, 0.15) is 18.5 Å². The zero-order valence-corrected chi connectivity index (χ0v) is 19.8. The summed E-state index contributed by atoms with van der Waals surface area (Å²) in [6.45, 7) is 3.80. The number of fused-ring (bicyclic) bond motifs is 4. The molecule has 0 aliphatic carbocycles. The van der Waals surface area contributed by atoms with Gasteiger partial charge in [0.25, 0.3) is 5.56 Å². The van der Waals surface area contributed by atoms with E-state index in [0.29, 0.717) is 34.2 Å². The lowest BCUT2D eigenvalue weighted by Crippen LogP contribution is -2.26. The molecular formula is C24H27FN4O6. The number of methoxy groups -OCH3 is 1. The standard InChI is InChI=1S/C22H21FN4O6.C2H6/c1-25-22(31)33-9-13-10-3-16(24)15(23)5-17(10)26-20-12(13)6-27-18(20)4-11(19(29)7-28)14(8-32-2)21(27)30;1-2/h3-5,7,19,29H,6,8-9,24H2,1-2H3,(H,25,31);1-2H3. The fourth-order valence-electron chi connectivity index (χ4n) is 4.01. The lowest BCUT2D eigenvalue weighted by molar-refractivity contribution is -0.115. The van der Waals surface area contributed by atoms with Crippen LogP contribution in [-0.4, -0.2) is 41.2 Å². The highest BCUT2D eigenvalue weighted by atomic mass is 19.1. The number of carbonyl (C=O) groups is 2. The summed E-state index contributed by atoms with van der Waals surface area (Å²) in [5.74, 6) is -0.670. The Balaban J connectivity index is 0.00000167. The molecule has 35 heavy (non-hydrogen) atoms. The molecule has 0 saturated carbocycles. The third-order valence-electron chi connectivity index (χ3n) is 5.60. The van der Waals surface area contributed by atoms with Crippen LogP contribution < -0.4 is 16.6 Å². The molecule has 4 rings (SSSR count). The minimum absolute atomic E-state index is 0.0876. The normalized spacial score (nSPS) is 12.3. The molecule has 4 N–H and O–H groups in total. The molecule has 10 nitrogen and oxygen atoms in total. The number of ether oxygens (including phenoxy) is 2. The third kappa shape index (κ3) is 4.60. The van der Waals surface area contributed by atoms with Crippen molar-refractivity contribution in [3.8, 4) is 11.4 Å². The summed E-state index contributed by atoms with van der Waals surface area (Å²) in [4.78, 5) is 40.8. The van der Waals surface area contributed by atoms with Gasteiger partial charge in [0.05, 0.1) is 35.7 Å². The van der Waals surface area contributed by atoms with Crippen LogP contribution >= 0.6 is 0 Å². The van der Waals surface area contributed by atoms with Crippen LogP contribution in [0.4, 0.5) is 14.9 Å². The van der Waals surface area contributed by atoms with Crippen molar-refractivity contribution in [1.82, 2.24) is 14.9 Å². The van der Waals surface area contributed by atoms with Crippen molar-refractivity contribution in [1.29, 1.82) is 0 Å². The van der Waals surface area contributed by atoms with E-state index in [1.807, 2.05) is 13.8 Å². The molecule has 3 aromatic rings. The van der Waals surface area contributed by atoms with Gasteiger partial charge in [0.2, 0.25) is 0 Å². The van der Waals surface area contributed by atoms with E-state index in [2.05, 4.69) is 10.3 Å². The maximum atomic E-state index is 14.2. The number of nitrogen functional groups attached to an aromatic ring is 1. The number of benzene rings is 1. The van der Waals surface area contributed by atoms with Gasteiger partial charge < -0.3 is 35.0 Å². The second-order valence-electron chi connectivity index (χ2n) is 7.50. The number of nitrogens with one attached hydrogen (secondary N) is 1. The van der Waals surface area contributed by atoms with Crippen LogP contribution in [0.1, 0.15) is 42.2 Å². The monoisotopic (exact) mass is 486 g/mol. The summed E-state index contributed by atoms with van der Waals surface area (Å²) >= 11 is 0. The molecule has 1 amide bonds. The van der Waals surface area contributed by atoms with Crippen LogP contribution in [0.5, 0.6) is 0 Å². The Labute approximate surface area is 200 Å². The first-order valence-corrected chi connectivity index (χ1v) is 10.9. The van der Waals surface area contributed by atoms with Crippen molar-refractivity contribution in [3.05, 3.63) is 56.6 Å². The third-order valence-corrected chi connectivity index (χ3v) is 5.60. The molecule has 3 heterocycles. The molecule has 1 aromatic carbocycles. The number of aldehydes is 1. The van der Waals surface area contributed by atoms with Crippen LogP contribution in [0.25, 0.3) is 22.3 Å². The topological polar surface area (TPSA) is 146 Å². The van der Waals surface area contributed by atoms with Gasteiger partial charge in [-0.3, -0.25) is 4.79 Å². The maximum Gasteiger partial charge on any atom is 0.407 e. The Morgan fingerprint density at radius 2 is 2.03 bits per heavy atom. The molecule has 0 fully saturated rings. The molecule has 0 radical (unpaired) electrons. The number of carbonyl (C=O) groups excluding carboxylic acids is 2. The van der Waals surface area contributed by atoms with Crippen molar-refractivity contribution in [2.75, 3.05) is 19.9 Å². The van der Waals surface area contributed by atoms with E-state index in [1.165, 1.54) is 30.9 Å². The predicted molar refractivity (Wildman–Crippen MR) is 127 cm³/mol. The maximum absolute atomic E-state index is 14.2. The largest absolute Gasteiger partial charge is 0.445 e. The Morgan fingerprint density at radius 3 is 2.66 bits per heavy atom. The lowest BCUT2D eigenvalue weighted by Gasteiger charge is -2.14. The number of aliphatic hydroxyl groups excluding tert-OH is 1. The first-order chi connectivity index (χ1) is 16.8. The quantitative estimate of drug-likeness (QED) is 0.278. The van der Waals surface area contributed by atoms with Crippen molar-refractivity contribution >= 4 is 29.0 Å². The summed E-state index contributed by atoms with van der Waals surface area (Å²) in [6, 6.07) is 4.07. The van der Waals surface area contributed by atoms with E-state index in [4.69, 9.17) is 15.2 Å². The van der Waals surface area contributed by atoms with Gasteiger partial charge in [-0.15, -0.1) is 0 Å². The van der Waals surface area contributed by atoms with Gasteiger partial charge in [-0.05, 0) is 12.1 Å². The smallest absolute Gasteiger partial charge is 0.407 e. The average molecular weight is 487 g/mol. The summed E-state index contributed by atoms with van der Waals surface area (Å²) in [7, 11) is 2.81. The average Bonchev–Trinajstić information content (AvgIpc) is 3.23. The highest BCUT2D eigenvalue weighted by molar-refractivity contribution is 5.90. The van der Waals surface area contributed by atoms with Gasteiger partial charge in [-0.25, -0.2) is 14.2 Å². The summed E-state index contributed by atoms with van der Waals surface area (Å²) in [5.41, 5.74) is 7.46. The molecule has 0 bridgehead atoms. The van der Waals surface area contributed by atoms with Crippen LogP contribution in [-0.2, 0) is 34.0 Å². The molecule has 1 aliphatic rings. The van der Waals surface area contributed by atoms with Gasteiger partial charge in [0, 0.05) is 47.9 Å². The fraction of sp³-hybridized carbons (Fsp3) is 0.333. The van der Waals surface area contributed by atoms with Crippen LogP contribution in [0.2, 0.25) is 0 Å². The first-order valence-electron chi connectivity index (χ1n) is 10.9. The molecule has 1 aliphatic heterocycles. The highest BCUT2D eigenvalue weighted by Crippen LogP contribution is 2.38. The van der Waals surface area contributed by atoms with Crippen molar-refractivity contribution in [3.63, 3.8) is 0 Å². The molecule has 1 atom stereocenters. The second-order valence-corrected chi connectivity index (χ2v) is 7.50. The van der Waals surface area contributed by atoms with E-state index >= 15 is 0 Å². The fourth-order valence-corrected chi connectivity index (χ4v) is 4.01. The van der Waals surface area contributed by atoms with Gasteiger partial charge in [-0.1, -0.05) is 13.8 Å². The molecule has 1 unspecified atom stereocenters. The molecule has 0 spiro atoms. The zero-order valence-electron chi connectivity index (χ0n) is 19.8. The highest BCUT2D eigenvalue weighted by Gasteiger charge is 2.30. The van der Waals surface area contributed by atoms with Crippen molar-refractivity contribution in [2.24, 2.45) is 0 Å². The number of hydrogen-bond donors (Lipinski definition) is 3. The number of nitrogens with zero attached hydrogens (tertiary/aromatic N) is 2. The van der Waals surface area contributed by atoms with E-state index in [0.717, 1.165) is 6.07 Å². The van der Waals surface area contributed by atoms with Crippen molar-refractivity contribution < 1.29 is 28.6 Å². The van der Waals surface area contributed by atoms with Gasteiger partial charge in [-0.2, -0.15) is 0 Å². The molecule has 0 saturated heterocycles. The van der Waals surface area contributed by atoms with Crippen molar-refractivity contribution in [2.45, 2.75) is 39.7 Å². The number of amides is 1. The van der Waals surface area contributed by atoms with Crippen LogP contribution in [0.3, 0.4) is 0 Å². The number of aliphatic hydroxyl groups is 1. The second kappa shape index (κ2) is 10.6. The van der Waals surface area contributed by atoms with Crippen LogP contribution in [0, 0.1) is 5.82 Å². The number of rotatable bonds is 6. The minimum atomic E-state index is -1.54. The number of anilines is 1. The molecule has 186 valence electrons. The number of halogens is 1. The van der Waals surface area contributed by atoms with Gasteiger partial charge in [0.15, 0.2) is 6.29 Å². The summed E-state index contributed by atoms with van der Waals surface area (Å²) in [6.07, 6.45) is -1.89. The number of alkyl carbamates (subject to hydrolysis) is 1. The van der Waals surface area contributed by atoms with E-state index in [1.54, 1.807) is 0 Å². The molecular weight excluding hydrogens is 459 g/mol. The first kappa shape index (κ1) is 25.8. The molecule has 2 aromatic heterocycles. The number of aromatic nitrogens is 2. The number of hydrogen-bond acceptors (Lipinski definition) is 8. The minimum Gasteiger partial charge on any atom is -0.445 e. The Bertz CT molecular complexity index is 1350. The lowest BCUT2D eigenvalue weighted by atomic mass is 9.99. The van der Waals surface area contributed by atoms with Gasteiger partial charge >= 0.3 is 6.09 Å². The number of pyridine rings is 2. The Hall–Kier alpha value is -3.83. The Morgan fingerprint density at radius 1 is 1.31 bits per heavy atom. The predicted octanol–water partition coefficient (Wildman–Crippen LogP) is 2.41. The SMILES string of the molecule is CC.CNC(=O)OCc1c2c(nc3cc(F)c(N)cc13)-c1cc(C(O)C=O)c(COC)c(=O)n1C2. The van der Waals surface area contributed by atoms with Crippen LogP contribution in [0.15, 0.2) is 23.0 Å². The van der Waals surface area contributed by atoms with E-state index in [-0.39, 0.29) is 42.1 Å². The van der Waals surface area contributed by atoms with E-state index < -0.39 is 23.6 Å².